The topological polar surface area (TPSA) is 237 Å². The number of ether oxygens (including phenoxy) is 4. The fourth-order valence-corrected chi connectivity index (χ4v) is 14.4. The van der Waals surface area contributed by atoms with E-state index in [9.17, 15) is 43.2 Å². The normalized spacial score (nSPS) is 14.2. The van der Waals surface area contributed by atoms with Gasteiger partial charge in [-0.1, -0.05) is 382 Å². The number of phosphoric ester groups is 2. The third-order valence-corrected chi connectivity index (χ3v) is 21.6. The summed E-state index contributed by atoms with van der Waals surface area (Å²) in [7, 11) is -9.92. The predicted octanol–water partition coefficient (Wildman–Crippen LogP) is 24.9. The highest BCUT2D eigenvalue weighted by molar-refractivity contribution is 7.47. The van der Waals surface area contributed by atoms with Gasteiger partial charge in [-0.2, -0.15) is 0 Å². The van der Waals surface area contributed by atoms with Gasteiger partial charge in [0.1, 0.15) is 19.3 Å². The zero-order valence-corrected chi connectivity index (χ0v) is 68.9. The number of esters is 4. The van der Waals surface area contributed by atoms with Gasteiger partial charge in [0.2, 0.25) is 0 Å². The van der Waals surface area contributed by atoms with Crippen LogP contribution in [0.4, 0.5) is 0 Å². The molecule has 3 unspecified atom stereocenters. The Morgan fingerprint density at radius 1 is 0.284 bits per heavy atom. The molecule has 0 aliphatic carbocycles. The molecule has 102 heavy (non-hydrogen) atoms. The van der Waals surface area contributed by atoms with Gasteiger partial charge in [-0.25, -0.2) is 9.13 Å². The second-order valence-electron chi connectivity index (χ2n) is 31.1. The van der Waals surface area contributed by atoms with E-state index in [4.69, 9.17) is 37.0 Å². The number of carbonyl (C=O) groups excluding carboxylic acids is 4. The van der Waals surface area contributed by atoms with E-state index >= 15 is 0 Å². The lowest BCUT2D eigenvalue weighted by molar-refractivity contribution is -0.161. The van der Waals surface area contributed by atoms with Crippen molar-refractivity contribution in [3.63, 3.8) is 0 Å². The van der Waals surface area contributed by atoms with Crippen LogP contribution < -0.4 is 0 Å². The van der Waals surface area contributed by atoms with Gasteiger partial charge in [-0.3, -0.25) is 37.3 Å². The first kappa shape index (κ1) is 100. The van der Waals surface area contributed by atoms with E-state index in [0.717, 1.165) is 108 Å². The Balaban J connectivity index is 5.26. The first-order valence-electron chi connectivity index (χ1n) is 42.9. The van der Waals surface area contributed by atoms with E-state index in [1.54, 1.807) is 0 Å². The van der Waals surface area contributed by atoms with Crippen LogP contribution in [0.2, 0.25) is 0 Å². The Morgan fingerprint density at radius 2 is 0.500 bits per heavy atom. The van der Waals surface area contributed by atoms with Gasteiger partial charge in [-0.15, -0.1) is 0 Å². The lowest BCUT2D eigenvalue weighted by Gasteiger charge is -2.21. The standard InChI is InChI=1S/C83H162O17P2/c1-8-10-11-12-13-14-15-29-36-43-50-57-64-80(85)93-70-79(100-83(88)67-60-53-46-39-32-25-27-34-41-48-55-62-75(5)6)73-98-102(91,92)96-69-77(84)68-95-101(89,90)97-72-78(99-82(87)66-59-52-45-38-31-24-18-16-17-21-26-33-40-47-54-61-74(3)4)71-94-81(86)65-58-51-44-37-30-23-20-19-22-28-35-42-49-56-63-76(7)9-2/h74-79,84H,8-73H2,1-7H3,(H,89,90)(H,91,92)/t76?,77-,78-,79-/m1/s1. The molecule has 0 saturated carbocycles. The van der Waals surface area contributed by atoms with E-state index in [-0.39, 0.29) is 25.7 Å². The minimum absolute atomic E-state index is 0.107. The maximum atomic E-state index is 13.1. The molecule has 0 aromatic heterocycles. The van der Waals surface area contributed by atoms with Crippen molar-refractivity contribution in [1.82, 2.24) is 0 Å². The summed E-state index contributed by atoms with van der Waals surface area (Å²) in [5.41, 5.74) is 0. The van der Waals surface area contributed by atoms with Crippen LogP contribution in [0.25, 0.3) is 0 Å². The molecule has 0 saturated heterocycles. The number of aliphatic hydroxyl groups excluding tert-OH is 1. The summed E-state index contributed by atoms with van der Waals surface area (Å²) in [5, 5.41) is 10.7. The van der Waals surface area contributed by atoms with Gasteiger partial charge in [-0.05, 0) is 43.4 Å². The molecule has 0 aromatic carbocycles. The highest BCUT2D eigenvalue weighted by atomic mass is 31.2. The molecule has 0 aliphatic rings. The van der Waals surface area contributed by atoms with Crippen molar-refractivity contribution in [3.8, 4) is 0 Å². The van der Waals surface area contributed by atoms with Crippen LogP contribution in [-0.2, 0) is 65.4 Å². The third-order valence-electron chi connectivity index (χ3n) is 19.7. The van der Waals surface area contributed by atoms with E-state index in [1.165, 1.54) is 244 Å². The Hall–Kier alpha value is -1.94. The molecule has 3 N–H and O–H groups in total. The van der Waals surface area contributed by atoms with E-state index in [1.807, 2.05) is 0 Å². The van der Waals surface area contributed by atoms with Gasteiger partial charge in [0.05, 0.1) is 26.4 Å². The van der Waals surface area contributed by atoms with Crippen LogP contribution in [0.5, 0.6) is 0 Å². The average Bonchev–Trinajstić information content (AvgIpc) is 0.930. The zero-order valence-electron chi connectivity index (χ0n) is 67.1. The van der Waals surface area contributed by atoms with Gasteiger partial charge >= 0.3 is 39.5 Å². The molecular formula is C83H162O17P2. The summed E-state index contributed by atoms with van der Waals surface area (Å²) < 4.78 is 68.8. The molecule has 0 amide bonds. The van der Waals surface area contributed by atoms with Crippen molar-refractivity contribution in [2.24, 2.45) is 17.8 Å². The fraction of sp³-hybridized carbons (Fsp3) is 0.952. The second-order valence-corrected chi connectivity index (χ2v) is 34.0. The minimum Gasteiger partial charge on any atom is -0.462 e. The van der Waals surface area contributed by atoms with Crippen LogP contribution in [0.15, 0.2) is 0 Å². The van der Waals surface area contributed by atoms with Crippen LogP contribution in [-0.4, -0.2) is 96.7 Å². The maximum Gasteiger partial charge on any atom is 0.472 e. The van der Waals surface area contributed by atoms with Crippen LogP contribution in [0, 0.1) is 17.8 Å². The molecule has 6 atom stereocenters. The number of phosphoric acid groups is 2. The molecule has 0 heterocycles. The molecule has 0 radical (unpaired) electrons. The fourth-order valence-electron chi connectivity index (χ4n) is 12.8. The Morgan fingerprint density at radius 3 is 0.745 bits per heavy atom. The van der Waals surface area contributed by atoms with Crippen LogP contribution >= 0.6 is 15.6 Å². The lowest BCUT2D eigenvalue weighted by Crippen LogP contribution is -2.30. The molecule has 19 heteroatoms. The second kappa shape index (κ2) is 73.2. The quantitative estimate of drug-likeness (QED) is 0.0222. The molecule has 606 valence electrons. The zero-order chi connectivity index (χ0) is 75.1. The molecule has 0 aromatic rings. The minimum atomic E-state index is -4.96. The number of unbranched alkanes of at least 4 members (excludes halogenated alkanes) is 48. The monoisotopic (exact) mass is 1490 g/mol. The van der Waals surface area contributed by atoms with Crippen molar-refractivity contribution < 1.29 is 80.2 Å². The molecule has 0 bridgehead atoms. The largest absolute Gasteiger partial charge is 0.472 e. The van der Waals surface area contributed by atoms with E-state index in [2.05, 4.69) is 48.5 Å². The van der Waals surface area contributed by atoms with Gasteiger partial charge < -0.3 is 33.8 Å². The van der Waals surface area contributed by atoms with Crippen molar-refractivity contribution >= 4 is 39.5 Å². The molecule has 0 rings (SSSR count). The lowest BCUT2D eigenvalue weighted by atomic mass is 9.99. The number of aliphatic hydroxyl groups is 1. The predicted molar refractivity (Wildman–Crippen MR) is 418 cm³/mol. The SMILES string of the molecule is CCCCCCCCCCCCCCC(=O)OC[C@H](COP(=O)(O)OC[C@H](O)COP(=O)(O)OC[C@@H](COC(=O)CCCCCCCCCCCCCCCCC(C)CC)OC(=O)CCCCCCCCCCCCCCCCCC(C)C)OC(=O)CCCCCCCCCCCCCC(C)C. The summed E-state index contributed by atoms with van der Waals surface area (Å²) in [6.07, 6.45) is 62.2. The Labute approximate surface area is 626 Å². The number of hydrogen-bond acceptors (Lipinski definition) is 15. The first-order chi connectivity index (χ1) is 49.3. The summed E-state index contributed by atoms with van der Waals surface area (Å²) >= 11 is 0. The van der Waals surface area contributed by atoms with Gasteiger partial charge in [0.25, 0.3) is 0 Å². The average molecular weight is 1490 g/mol. The number of rotatable bonds is 81. The molecular weight excluding hydrogens is 1330 g/mol. The molecule has 0 aliphatic heterocycles. The third kappa shape index (κ3) is 74.9. The highest BCUT2D eigenvalue weighted by Gasteiger charge is 2.30. The first-order valence-corrected chi connectivity index (χ1v) is 45.9. The maximum absolute atomic E-state index is 13.1. The van der Waals surface area contributed by atoms with Gasteiger partial charge in [0, 0.05) is 25.7 Å². The summed E-state index contributed by atoms with van der Waals surface area (Å²) in [6, 6.07) is 0. The van der Waals surface area contributed by atoms with Crippen molar-refractivity contribution in [1.29, 1.82) is 0 Å². The number of hydrogen-bond donors (Lipinski definition) is 3. The van der Waals surface area contributed by atoms with Crippen molar-refractivity contribution in [2.75, 3.05) is 39.6 Å². The van der Waals surface area contributed by atoms with Gasteiger partial charge in [0.15, 0.2) is 12.2 Å². The summed E-state index contributed by atoms with van der Waals surface area (Å²) in [6.45, 7) is 12.0. The van der Waals surface area contributed by atoms with Crippen LogP contribution in [0.1, 0.15) is 434 Å². The smallest absolute Gasteiger partial charge is 0.462 e. The van der Waals surface area contributed by atoms with Crippen molar-refractivity contribution in [2.45, 2.75) is 452 Å². The number of carbonyl (C=O) groups is 4. The van der Waals surface area contributed by atoms with Crippen molar-refractivity contribution in [3.05, 3.63) is 0 Å². The summed E-state index contributed by atoms with van der Waals surface area (Å²) in [5.74, 6) is 0.312. The highest BCUT2D eigenvalue weighted by Crippen LogP contribution is 2.45. The molecule has 0 spiro atoms. The molecule has 0 fully saturated rings. The Kier molecular flexibility index (Phi) is 71.8. The van der Waals surface area contributed by atoms with E-state index in [0.29, 0.717) is 25.7 Å². The molecule has 17 nitrogen and oxygen atoms in total. The van der Waals surface area contributed by atoms with E-state index < -0.39 is 97.5 Å². The van der Waals surface area contributed by atoms with Crippen LogP contribution in [0.3, 0.4) is 0 Å². The summed E-state index contributed by atoms with van der Waals surface area (Å²) in [4.78, 5) is 73.1. The Bertz CT molecular complexity index is 1980.